The summed E-state index contributed by atoms with van der Waals surface area (Å²) in [6.07, 6.45) is 1.57. The number of nitrogen functional groups attached to an aromatic ring is 1. The van der Waals surface area contributed by atoms with Gasteiger partial charge in [-0.3, -0.25) is 0 Å². The molecule has 2 rings (SSSR count). The quantitative estimate of drug-likeness (QED) is 0.622. The average Bonchev–Trinajstić information content (AvgIpc) is 2.64. The van der Waals surface area contributed by atoms with Gasteiger partial charge in [0.25, 0.3) is 0 Å². The second-order valence-electron chi connectivity index (χ2n) is 3.15. The molecule has 1 heterocycles. The van der Waals surface area contributed by atoms with E-state index >= 15 is 0 Å². The van der Waals surface area contributed by atoms with Crippen LogP contribution in [-0.4, -0.2) is 11.0 Å². The molecule has 1 aromatic carbocycles. The summed E-state index contributed by atoms with van der Waals surface area (Å²) in [5, 5.41) is 0.507. The number of carbonyl (C=O) groups excluding carboxylic acids is 1. The number of rotatable bonds is 2. The summed E-state index contributed by atoms with van der Waals surface area (Å²) in [7, 11) is 0. The number of esters is 1. The van der Waals surface area contributed by atoms with Gasteiger partial charge in [-0.2, -0.15) is 0 Å². The molecule has 4 nitrogen and oxygen atoms in total. The van der Waals surface area contributed by atoms with E-state index in [0.29, 0.717) is 16.3 Å². The Morgan fingerprint density at radius 1 is 1.38 bits per heavy atom. The van der Waals surface area contributed by atoms with Crippen LogP contribution in [0.2, 0.25) is 5.02 Å². The van der Waals surface area contributed by atoms with Crippen molar-refractivity contribution in [1.29, 1.82) is 0 Å². The van der Waals surface area contributed by atoms with Gasteiger partial charge in [-0.1, -0.05) is 17.7 Å². The van der Waals surface area contributed by atoms with Crippen LogP contribution in [0.3, 0.4) is 0 Å². The minimum atomic E-state index is -0.513. The van der Waals surface area contributed by atoms with Gasteiger partial charge in [0.15, 0.2) is 0 Å². The summed E-state index contributed by atoms with van der Waals surface area (Å²) in [4.78, 5) is 14.3. The van der Waals surface area contributed by atoms with Gasteiger partial charge in [0.1, 0.15) is 17.1 Å². The molecule has 0 fully saturated rings. The van der Waals surface area contributed by atoms with Gasteiger partial charge >= 0.3 is 5.97 Å². The number of ether oxygens (including phenoxy) is 1. The molecule has 3 N–H and O–H groups in total. The number of nitrogens with one attached hydrogen (secondary N) is 1. The minimum Gasteiger partial charge on any atom is -0.423 e. The zero-order valence-electron chi connectivity index (χ0n) is 8.24. The largest absolute Gasteiger partial charge is 0.423 e. The fourth-order valence-electron chi connectivity index (χ4n) is 1.25. The third kappa shape index (κ3) is 2.17. The van der Waals surface area contributed by atoms with Crippen LogP contribution in [0.25, 0.3) is 0 Å². The highest BCUT2D eigenvalue weighted by atomic mass is 35.5. The van der Waals surface area contributed by atoms with Crippen molar-refractivity contribution in [3.63, 3.8) is 0 Å². The Kier molecular flexibility index (Phi) is 2.83. The van der Waals surface area contributed by atoms with Crippen LogP contribution in [0.4, 0.5) is 5.82 Å². The minimum absolute atomic E-state index is 0.284. The average molecular weight is 237 g/mol. The number of H-pyrrole nitrogens is 1. The first-order valence-corrected chi connectivity index (χ1v) is 4.95. The van der Waals surface area contributed by atoms with Crippen molar-refractivity contribution in [1.82, 2.24) is 4.98 Å². The third-order valence-corrected chi connectivity index (χ3v) is 2.24. The molecular formula is C11H9ClN2O2. The second-order valence-corrected chi connectivity index (χ2v) is 3.59. The Balaban J connectivity index is 2.17. The molecular weight excluding hydrogens is 228 g/mol. The Morgan fingerprint density at radius 3 is 2.81 bits per heavy atom. The molecule has 5 heteroatoms. The lowest BCUT2D eigenvalue weighted by atomic mass is 10.3. The van der Waals surface area contributed by atoms with Crippen molar-refractivity contribution in [3.05, 3.63) is 47.1 Å². The van der Waals surface area contributed by atoms with E-state index in [2.05, 4.69) is 4.98 Å². The highest BCUT2D eigenvalue weighted by Gasteiger charge is 2.12. The monoisotopic (exact) mass is 236 g/mol. The Morgan fingerprint density at radius 2 is 2.19 bits per heavy atom. The molecule has 82 valence electrons. The number of hydrogen-bond acceptors (Lipinski definition) is 3. The third-order valence-electron chi connectivity index (χ3n) is 2.01. The van der Waals surface area contributed by atoms with E-state index in [9.17, 15) is 4.79 Å². The Labute approximate surface area is 97.0 Å². The predicted molar refractivity (Wildman–Crippen MR) is 61.6 cm³/mol. The molecule has 0 aliphatic heterocycles. The number of aromatic nitrogens is 1. The van der Waals surface area contributed by atoms with Crippen molar-refractivity contribution in [2.45, 2.75) is 0 Å². The maximum atomic E-state index is 11.6. The summed E-state index contributed by atoms with van der Waals surface area (Å²) in [5.41, 5.74) is 5.85. The van der Waals surface area contributed by atoms with Crippen molar-refractivity contribution < 1.29 is 9.53 Å². The normalized spacial score (nSPS) is 10.1. The SMILES string of the molecule is Nc1[nH]ccc1C(=O)Oc1cccc(Cl)c1. The van der Waals surface area contributed by atoms with Gasteiger partial charge in [-0.25, -0.2) is 4.79 Å². The van der Waals surface area contributed by atoms with Gasteiger partial charge in [0.05, 0.1) is 0 Å². The molecule has 0 spiro atoms. The molecule has 1 aromatic heterocycles. The van der Waals surface area contributed by atoms with Gasteiger partial charge in [0, 0.05) is 11.2 Å². The summed E-state index contributed by atoms with van der Waals surface area (Å²) in [6.45, 7) is 0. The number of aromatic amines is 1. The van der Waals surface area contributed by atoms with Crippen LogP contribution in [0.1, 0.15) is 10.4 Å². The molecule has 0 aliphatic carbocycles. The summed E-state index contributed by atoms with van der Waals surface area (Å²) in [5.74, 6) is 0.158. The maximum Gasteiger partial charge on any atom is 0.347 e. The number of hydrogen-bond donors (Lipinski definition) is 2. The molecule has 0 aliphatic rings. The van der Waals surface area contributed by atoms with Crippen LogP contribution < -0.4 is 10.5 Å². The van der Waals surface area contributed by atoms with E-state index in [0.717, 1.165) is 0 Å². The molecule has 0 saturated heterocycles. The molecule has 0 amide bonds. The number of benzene rings is 1. The van der Waals surface area contributed by atoms with Gasteiger partial charge in [-0.05, 0) is 24.3 Å². The maximum absolute atomic E-state index is 11.6. The summed E-state index contributed by atoms with van der Waals surface area (Å²) in [6, 6.07) is 8.16. The number of anilines is 1. The molecule has 0 saturated carbocycles. The predicted octanol–water partition coefficient (Wildman–Crippen LogP) is 2.47. The number of nitrogens with two attached hydrogens (primary N) is 1. The first-order chi connectivity index (χ1) is 7.66. The van der Waals surface area contributed by atoms with Crippen molar-refractivity contribution in [3.8, 4) is 5.75 Å². The summed E-state index contributed by atoms with van der Waals surface area (Å²) < 4.78 is 5.10. The molecule has 16 heavy (non-hydrogen) atoms. The fraction of sp³-hybridized carbons (Fsp3) is 0. The van der Waals surface area contributed by atoms with E-state index in [4.69, 9.17) is 22.1 Å². The first kappa shape index (κ1) is 10.6. The molecule has 0 radical (unpaired) electrons. The molecule has 0 unspecified atom stereocenters. The second kappa shape index (κ2) is 4.28. The van der Waals surface area contributed by atoms with Gasteiger partial charge in [-0.15, -0.1) is 0 Å². The van der Waals surface area contributed by atoms with E-state index in [-0.39, 0.29) is 5.82 Å². The van der Waals surface area contributed by atoms with Crippen LogP contribution in [-0.2, 0) is 0 Å². The van der Waals surface area contributed by atoms with Crippen molar-refractivity contribution >= 4 is 23.4 Å². The van der Waals surface area contributed by atoms with Crippen LogP contribution in [0, 0.1) is 0 Å². The highest BCUT2D eigenvalue weighted by Crippen LogP contribution is 2.19. The van der Waals surface area contributed by atoms with Crippen molar-refractivity contribution in [2.75, 3.05) is 5.73 Å². The zero-order chi connectivity index (χ0) is 11.5. The highest BCUT2D eigenvalue weighted by molar-refractivity contribution is 6.30. The lowest BCUT2D eigenvalue weighted by molar-refractivity contribution is 0.0736. The van der Waals surface area contributed by atoms with Crippen LogP contribution in [0.5, 0.6) is 5.75 Å². The smallest absolute Gasteiger partial charge is 0.347 e. The Bertz CT molecular complexity index is 522. The van der Waals surface area contributed by atoms with Crippen LogP contribution >= 0.6 is 11.6 Å². The number of carbonyl (C=O) groups is 1. The Hall–Kier alpha value is -1.94. The van der Waals surface area contributed by atoms with E-state index in [1.807, 2.05) is 0 Å². The fourth-order valence-corrected chi connectivity index (χ4v) is 1.43. The van der Waals surface area contributed by atoms with E-state index in [1.54, 1.807) is 36.5 Å². The molecule has 0 atom stereocenters. The van der Waals surface area contributed by atoms with E-state index in [1.165, 1.54) is 0 Å². The van der Waals surface area contributed by atoms with Gasteiger partial charge in [0.2, 0.25) is 0 Å². The van der Waals surface area contributed by atoms with E-state index < -0.39 is 5.97 Å². The zero-order valence-corrected chi connectivity index (χ0v) is 8.99. The first-order valence-electron chi connectivity index (χ1n) is 4.57. The standard InChI is InChI=1S/C11H9ClN2O2/c12-7-2-1-3-8(6-7)16-11(15)9-4-5-14-10(9)13/h1-6,14H,13H2. The molecule has 0 bridgehead atoms. The lowest BCUT2D eigenvalue weighted by Crippen LogP contribution is -2.09. The lowest BCUT2D eigenvalue weighted by Gasteiger charge is -2.03. The van der Waals surface area contributed by atoms with Crippen molar-refractivity contribution in [2.24, 2.45) is 0 Å². The van der Waals surface area contributed by atoms with Gasteiger partial charge < -0.3 is 15.5 Å². The summed E-state index contributed by atoms with van der Waals surface area (Å²) >= 11 is 5.76. The number of halogens is 1. The molecule has 2 aromatic rings. The van der Waals surface area contributed by atoms with Crippen LogP contribution in [0.15, 0.2) is 36.5 Å². The topological polar surface area (TPSA) is 68.1 Å².